The van der Waals surface area contributed by atoms with Crippen LogP contribution in [0.2, 0.25) is 0 Å². The second-order valence-electron chi connectivity index (χ2n) is 6.37. The molecule has 0 saturated heterocycles. The van der Waals surface area contributed by atoms with E-state index >= 15 is 0 Å². The van der Waals surface area contributed by atoms with Gasteiger partial charge in [0.2, 0.25) is 5.76 Å². The van der Waals surface area contributed by atoms with Gasteiger partial charge in [-0.25, -0.2) is 14.5 Å². The van der Waals surface area contributed by atoms with Crippen LogP contribution < -0.4 is 4.90 Å². The highest BCUT2D eigenvalue weighted by Gasteiger charge is 2.36. The number of methoxy groups -OCH3 is 1. The first-order valence-electron chi connectivity index (χ1n) is 8.91. The first-order chi connectivity index (χ1) is 14.5. The Balaban J connectivity index is 1.43. The number of amides is 2. The minimum Gasteiger partial charge on any atom is -0.463 e. The number of rotatable bonds is 5. The van der Waals surface area contributed by atoms with Crippen LogP contribution in [0.3, 0.4) is 0 Å². The van der Waals surface area contributed by atoms with Gasteiger partial charge in [0, 0.05) is 0 Å². The fraction of sp³-hybridized carbons (Fsp3) is 0.0909. The van der Waals surface area contributed by atoms with Gasteiger partial charge in [-0.05, 0) is 48.5 Å². The van der Waals surface area contributed by atoms with Crippen molar-refractivity contribution in [1.29, 1.82) is 0 Å². The van der Waals surface area contributed by atoms with Crippen LogP contribution in [0.25, 0.3) is 0 Å². The third kappa shape index (κ3) is 3.35. The number of anilines is 1. The fourth-order valence-electron chi connectivity index (χ4n) is 3.06. The molecule has 150 valence electrons. The minimum absolute atomic E-state index is 0.00819. The zero-order valence-electron chi connectivity index (χ0n) is 15.8. The van der Waals surface area contributed by atoms with E-state index in [0.717, 1.165) is 4.90 Å². The van der Waals surface area contributed by atoms with Crippen LogP contribution in [0.15, 0.2) is 65.1 Å². The Morgan fingerprint density at radius 3 is 2.10 bits per heavy atom. The van der Waals surface area contributed by atoms with E-state index in [9.17, 15) is 19.2 Å². The third-order valence-corrected chi connectivity index (χ3v) is 4.55. The molecule has 8 heteroatoms. The molecule has 0 atom stereocenters. The summed E-state index contributed by atoms with van der Waals surface area (Å²) in [5, 5.41) is 0. The molecule has 1 aromatic heterocycles. The first kappa shape index (κ1) is 19.1. The van der Waals surface area contributed by atoms with Crippen molar-refractivity contribution in [2.75, 3.05) is 12.0 Å². The average Bonchev–Trinajstić information content (AvgIpc) is 3.35. The normalized spacial score (nSPS) is 12.6. The summed E-state index contributed by atoms with van der Waals surface area (Å²) in [6.07, 6.45) is 0. The molecule has 4 rings (SSSR count). The highest BCUT2D eigenvalue weighted by Crippen LogP contribution is 2.28. The third-order valence-electron chi connectivity index (χ3n) is 4.55. The van der Waals surface area contributed by atoms with E-state index in [2.05, 4.69) is 4.74 Å². The molecule has 0 bridgehead atoms. The van der Waals surface area contributed by atoms with Crippen LogP contribution in [0.1, 0.15) is 47.4 Å². The van der Waals surface area contributed by atoms with E-state index in [1.165, 1.54) is 43.5 Å². The molecule has 1 aliphatic heterocycles. The highest BCUT2D eigenvalue weighted by molar-refractivity contribution is 6.34. The molecule has 2 amide bonds. The van der Waals surface area contributed by atoms with Gasteiger partial charge in [0.25, 0.3) is 11.8 Å². The van der Waals surface area contributed by atoms with Crippen LogP contribution in [-0.4, -0.2) is 30.9 Å². The second-order valence-corrected chi connectivity index (χ2v) is 6.37. The van der Waals surface area contributed by atoms with Gasteiger partial charge in [-0.3, -0.25) is 9.59 Å². The number of imide groups is 1. The molecule has 0 N–H and O–H groups in total. The van der Waals surface area contributed by atoms with Gasteiger partial charge >= 0.3 is 11.9 Å². The lowest BCUT2D eigenvalue weighted by Crippen LogP contribution is -2.29. The van der Waals surface area contributed by atoms with Gasteiger partial charge in [-0.15, -0.1) is 0 Å². The summed E-state index contributed by atoms with van der Waals surface area (Å²) in [4.78, 5) is 49.7. The van der Waals surface area contributed by atoms with Crippen molar-refractivity contribution in [1.82, 2.24) is 0 Å². The molecule has 0 saturated carbocycles. The monoisotopic (exact) mass is 405 g/mol. The number of hydrogen-bond donors (Lipinski definition) is 0. The SMILES string of the molecule is COC(=O)c1ccc(COC(=O)c2ccc(N3C(=O)c4ccccc4C3=O)cc2)o1. The number of nitrogens with zero attached hydrogens (tertiary/aromatic N) is 1. The van der Waals surface area contributed by atoms with Gasteiger partial charge in [0.1, 0.15) is 12.4 Å². The van der Waals surface area contributed by atoms with Crippen LogP contribution in [0.5, 0.6) is 0 Å². The molecule has 3 aromatic rings. The van der Waals surface area contributed by atoms with Gasteiger partial charge in [0.15, 0.2) is 0 Å². The van der Waals surface area contributed by atoms with Crippen molar-refractivity contribution in [2.24, 2.45) is 0 Å². The van der Waals surface area contributed by atoms with Crippen LogP contribution in [0.4, 0.5) is 5.69 Å². The summed E-state index contributed by atoms with van der Waals surface area (Å²) in [7, 11) is 1.23. The van der Waals surface area contributed by atoms with Crippen LogP contribution in [-0.2, 0) is 16.1 Å². The predicted molar refractivity (Wildman–Crippen MR) is 103 cm³/mol. The lowest BCUT2D eigenvalue weighted by atomic mass is 10.1. The van der Waals surface area contributed by atoms with E-state index in [0.29, 0.717) is 16.8 Å². The Labute approximate surface area is 170 Å². The van der Waals surface area contributed by atoms with Gasteiger partial charge < -0.3 is 13.9 Å². The molecular formula is C22H15NO7. The molecule has 2 heterocycles. The standard InChI is InChI=1S/C22H15NO7/c1-28-22(27)18-11-10-15(30-18)12-29-21(26)13-6-8-14(9-7-13)23-19(24)16-4-2-3-5-17(16)20(23)25/h2-11H,12H2,1H3. The summed E-state index contributed by atoms with van der Waals surface area (Å²) in [5.41, 5.74) is 1.27. The molecule has 0 spiro atoms. The molecule has 0 aliphatic carbocycles. The number of carbonyl (C=O) groups excluding carboxylic acids is 4. The van der Waals surface area contributed by atoms with Crippen molar-refractivity contribution in [3.05, 3.63) is 88.9 Å². The number of benzene rings is 2. The first-order valence-corrected chi connectivity index (χ1v) is 8.91. The summed E-state index contributed by atoms with van der Waals surface area (Å²) >= 11 is 0. The molecule has 0 unspecified atom stereocenters. The van der Waals surface area contributed by atoms with E-state index in [1.54, 1.807) is 24.3 Å². The van der Waals surface area contributed by atoms with E-state index < -0.39 is 23.8 Å². The van der Waals surface area contributed by atoms with E-state index in [1.807, 2.05) is 0 Å². The molecule has 1 aliphatic rings. The Hall–Kier alpha value is -4.20. The number of esters is 2. The Kier molecular flexibility index (Phi) is 4.89. The molecule has 30 heavy (non-hydrogen) atoms. The van der Waals surface area contributed by atoms with Gasteiger partial charge in [-0.2, -0.15) is 0 Å². The van der Waals surface area contributed by atoms with Crippen molar-refractivity contribution in [3.63, 3.8) is 0 Å². The number of hydrogen-bond acceptors (Lipinski definition) is 7. The highest BCUT2D eigenvalue weighted by atomic mass is 16.5. The summed E-state index contributed by atoms with van der Waals surface area (Å²) in [5.74, 6) is -1.79. The maximum Gasteiger partial charge on any atom is 0.373 e. The van der Waals surface area contributed by atoms with Gasteiger partial charge in [0.05, 0.1) is 29.5 Å². The Morgan fingerprint density at radius 2 is 1.50 bits per heavy atom. The zero-order chi connectivity index (χ0) is 21.3. The van der Waals surface area contributed by atoms with Gasteiger partial charge in [-0.1, -0.05) is 12.1 Å². The molecule has 0 fully saturated rings. The Morgan fingerprint density at radius 1 is 0.867 bits per heavy atom. The van der Waals surface area contributed by atoms with Crippen LogP contribution in [0, 0.1) is 0 Å². The summed E-state index contributed by atoms with van der Waals surface area (Å²) < 4.78 is 14.9. The molecule has 0 radical (unpaired) electrons. The molecular weight excluding hydrogens is 390 g/mol. The number of fused-ring (bicyclic) bond motifs is 1. The smallest absolute Gasteiger partial charge is 0.373 e. The fourth-order valence-corrected chi connectivity index (χ4v) is 3.06. The maximum atomic E-state index is 12.5. The quantitative estimate of drug-likeness (QED) is 0.474. The maximum absolute atomic E-state index is 12.5. The molecule has 2 aromatic carbocycles. The minimum atomic E-state index is -0.628. The topological polar surface area (TPSA) is 103 Å². The van der Waals surface area contributed by atoms with Crippen LogP contribution >= 0.6 is 0 Å². The average molecular weight is 405 g/mol. The van der Waals surface area contributed by atoms with E-state index in [4.69, 9.17) is 9.15 Å². The number of furan rings is 1. The van der Waals surface area contributed by atoms with Crippen molar-refractivity contribution >= 4 is 29.4 Å². The number of carbonyl (C=O) groups is 4. The van der Waals surface area contributed by atoms with Crippen molar-refractivity contribution in [2.45, 2.75) is 6.61 Å². The predicted octanol–water partition coefficient (Wildman–Crippen LogP) is 3.22. The zero-order valence-corrected chi connectivity index (χ0v) is 15.8. The summed E-state index contributed by atoms with van der Waals surface area (Å²) in [6, 6.07) is 15.4. The van der Waals surface area contributed by atoms with E-state index in [-0.39, 0.29) is 23.7 Å². The largest absolute Gasteiger partial charge is 0.463 e. The lowest BCUT2D eigenvalue weighted by Gasteiger charge is -2.14. The lowest BCUT2D eigenvalue weighted by molar-refractivity contribution is 0.0438. The number of ether oxygens (including phenoxy) is 2. The molecule has 8 nitrogen and oxygen atoms in total. The van der Waals surface area contributed by atoms with Crippen molar-refractivity contribution in [3.8, 4) is 0 Å². The Bertz CT molecular complexity index is 1130. The summed E-state index contributed by atoms with van der Waals surface area (Å²) in [6.45, 7) is -0.171. The van der Waals surface area contributed by atoms with Crippen molar-refractivity contribution < 1.29 is 33.1 Å². The second kappa shape index (κ2) is 7.67.